The van der Waals surface area contributed by atoms with Crippen LogP contribution in [0.25, 0.3) is 0 Å². The number of phenolic OH excluding ortho intramolecular Hbond substituents is 2. The monoisotopic (exact) mass is 358 g/mol. The van der Waals surface area contributed by atoms with Crippen molar-refractivity contribution < 1.29 is 29.3 Å². The highest BCUT2D eigenvalue weighted by molar-refractivity contribution is 5.93. The molecule has 0 fully saturated rings. The fourth-order valence-corrected chi connectivity index (χ4v) is 2.36. The van der Waals surface area contributed by atoms with E-state index in [9.17, 15) is 19.8 Å². The third-order valence-electron chi connectivity index (χ3n) is 3.77. The first-order valence-electron chi connectivity index (χ1n) is 8.51. The van der Waals surface area contributed by atoms with Crippen molar-refractivity contribution in [2.75, 3.05) is 0 Å². The van der Waals surface area contributed by atoms with Gasteiger partial charge in [0.05, 0.1) is 0 Å². The summed E-state index contributed by atoms with van der Waals surface area (Å²) in [5.41, 5.74) is -0.0156. The molecule has 0 saturated carbocycles. The third kappa shape index (κ3) is 5.24. The molecule has 0 bridgehead atoms. The molecule has 26 heavy (non-hydrogen) atoms. The molecule has 2 aromatic carbocycles. The molecule has 6 heteroatoms. The van der Waals surface area contributed by atoms with Crippen LogP contribution in [0.4, 0.5) is 0 Å². The number of para-hydroxylation sites is 2. The molecule has 2 rings (SSSR count). The lowest BCUT2D eigenvalue weighted by atomic mass is 10.2. The minimum absolute atomic E-state index is 0.00778. The Bertz CT molecular complexity index is 696. The lowest BCUT2D eigenvalue weighted by Gasteiger charge is -2.19. The topological polar surface area (TPSA) is 93.1 Å². The molecule has 0 aliphatic heterocycles. The Hall–Kier alpha value is -3.02. The van der Waals surface area contributed by atoms with Gasteiger partial charge in [0.1, 0.15) is 22.6 Å². The number of aromatic hydroxyl groups is 2. The van der Waals surface area contributed by atoms with Crippen LogP contribution >= 0.6 is 0 Å². The van der Waals surface area contributed by atoms with Crippen molar-refractivity contribution in [3.63, 3.8) is 0 Å². The third-order valence-corrected chi connectivity index (χ3v) is 3.77. The van der Waals surface area contributed by atoms with Gasteiger partial charge >= 0.3 is 11.9 Å². The number of benzene rings is 2. The van der Waals surface area contributed by atoms with E-state index in [-0.39, 0.29) is 22.6 Å². The van der Waals surface area contributed by atoms with Gasteiger partial charge in [-0.05, 0) is 30.7 Å². The van der Waals surface area contributed by atoms with Gasteiger partial charge in [0.2, 0.25) is 6.29 Å². The van der Waals surface area contributed by atoms with Crippen LogP contribution in [-0.4, -0.2) is 28.4 Å². The first-order valence-corrected chi connectivity index (χ1v) is 8.51. The highest BCUT2D eigenvalue weighted by Crippen LogP contribution is 2.21. The Labute approximate surface area is 152 Å². The SMILES string of the molecule is CCCCCC(OC(=O)c1ccccc1O)OC(=O)c1ccccc1O. The number of rotatable bonds is 8. The predicted molar refractivity (Wildman–Crippen MR) is 95.0 cm³/mol. The van der Waals surface area contributed by atoms with Crippen LogP contribution in [0.1, 0.15) is 53.3 Å². The quantitative estimate of drug-likeness (QED) is 0.421. The molecule has 0 aliphatic carbocycles. The number of esters is 2. The van der Waals surface area contributed by atoms with Crippen LogP contribution < -0.4 is 0 Å². The van der Waals surface area contributed by atoms with Crippen molar-refractivity contribution in [1.29, 1.82) is 0 Å². The number of hydrogen-bond donors (Lipinski definition) is 2. The van der Waals surface area contributed by atoms with Crippen molar-refractivity contribution >= 4 is 11.9 Å². The average molecular weight is 358 g/mol. The lowest BCUT2D eigenvalue weighted by Crippen LogP contribution is -2.25. The predicted octanol–water partition coefficient (Wildman–Crippen LogP) is 4.02. The van der Waals surface area contributed by atoms with Gasteiger partial charge < -0.3 is 19.7 Å². The molecule has 0 aromatic heterocycles. The number of ether oxygens (including phenoxy) is 2. The summed E-state index contributed by atoms with van der Waals surface area (Å²) in [6.07, 6.45) is 1.75. The molecular formula is C20H22O6. The molecule has 138 valence electrons. The highest BCUT2D eigenvalue weighted by atomic mass is 16.7. The summed E-state index contributed by atoms with van der Waals surface area (Å²) >= 11 is 0. The van der Waals surface area contributed by atoms with Crippen molar-refractivity contribution in [3.8, 4) is 11.5 Å². The van der Waals surface area contributed by atoms with Gasteiger partial charge in [-0.1, -0.05) is 44.0 Å². The fourth-order valence-electron chi connectivity index (χ4n) is 2.36. The second-order valence-corrected chi connectivity index (χ2v) is 5.77. The molecule has 0 spiro atoms. The molecule has 0 radical (unpaired) electrons. The number of carbonyl (C=O) groups is 2. The summed E-state index contributed by atoms with van der Waals surface area (Å²) in [5.74, 6) is -1.99. The zero-order chi connectivity index (χ0) is 18.9. The Morgan fingerprint density at radius 2 is 1.31 bits per heavy atom. The minimum Gasteiger partial charge on any atom is -0.507 e. The van der Waals surface area contributed by atoms with Crippen LogP contribution in [0.15, 0.2) is 48.5 Å². The van der Waals surface area contributed by atoms with Crippen molar-refractivity contribution in [1.82, 2.24) is 0 Å². The largest absolute Gasteiger partial charge is 0.507 e. The zero-order valence-corrected chi connectivity index (χ0v) is 14.6. The molecule has 0 atom stereocenters. The Balaban J connectivity index is 2.10. The van der Waals surface area contributed by atoms with E-state index in [1.165, 1.54) is 24.3 Å². The number of unbranched alkanes of at least 4 members (excludes halogenated alkanes) is 2. The Morgan fingerprint density at radius 3 is 1.73 bits per heavy atom. The van der Waals surface area contributed by atoms with Gasteiger partial charge in [-0.25, -0.2) is 9.59 Å². The molecule has 0 aliphatic rings. The minimum atomic E-state index is -1.11. The van der Waals surface area contributed by atoms with Crippen LogP contribution in [0.3, 0.4) is 0 Å². The molecular weight excluding hydrogens is 336 g/mol. The van der Waals surface area contributed by atoms with Crippen molar-refractivity contribution in [2.45, 2.75) is 38.9 Å². The first kappa shape index (κ1) is 19.3. The molecule has 0 amide bonds. The van der Waals surface area contributed by atoms with Gasteiger partial charge in [0, 0.05) is 6.42 Å². The molecule has 6 nitrogen and oxygen atoms in total. The standard InChI is InChI=1S/C20H22O6/c1-2-3-4-13-18(25-19(23)14-9-5-7-11-16(14)21)26-20(24)15-10-6-8-12-17(15)22/h5-12,18,21-22H,2-4,13H2,1H3. The van der Waals surface area contributed by atoms with Gasteiger partial charge in [0.15, 0.2) is 0 Å². The van der Waals surface area contributed by atoms with Crippen molar-refractivity contribution in [2.24, 2.45) is 0 Å². The maximum Gasteiger partial charge on any atom is 0.344 e. The lowest BCUT2D eigenvalue weighted by molar-refractivity contribution is -0.0839. The van der Waals surface area contributed by atoms with E-state index >= 15 is 0 Å². The molecule has 0 unspecified atom stereocenters. The Morgan fingerprint density at radius 1 is 0.846 bits per heavy atom. The van der Waals surface area contributed by atoms with E-state index in [0.717, 1.165) is 12.8 Å². The van der Waals surface area contributed by atoms with Gasteiger partial charge in [0.25, 0.3) is 0 Å². The van der Waals surface area contributed by atoms with Crippen LogP contribution in [0.2, 0.25) is 0 Å². The number of hydrogen-bond acceptors (Lipinski definition) is 6. The second kappa shape index (κ2) is 9.46. The van der Waals surface area contributed by atoms with Gasteiger partial charge in [-0.3, -0.25) is 0 Å². The first-order chi connectivity index (χ1) is 12.5. The molecule has 0 saturated heterocycles. The van der Waals surface area contributed by atoms with E-state index in [0.29, 0.717) is 12.8 Å². The van der Waals surface area contributed by atoms with E-state index < -0.39 is 18.2 Å². The van der Waals surface area contributed by atoms with Crippen LogP contribution in [-0.2, 0) is 9.47 Å². The fraction of sp³-hybridized carbons (Fsp3) is 0.300. The zero-order valence-electron chi connectivity index (χ0n) is 14.6. The molecule has 2 aromatic rings. The van der Waals surface area contributed by atoms with E-state index in [4.69, 9.17) is 9.47 Å². The maximum atomic E-state index is 12.3. The number of carbonyl (C=O) groups excluding carboxylic acids is 2. The summed E-state index contributed by atoms with van der Waals surface area (Å²) in [5, 5.41) is 19.5. The van der Waals surface area contributed by atoms with Crippen LogP contribution in [0.5, 0.6) is 11.5 Å². The van der Waals surface area contributed by atoms with E-state index in [2.05, 4.69) is 0 Å². The highest BCUT2D eigenvalue weighted by Gasteiger charge is 2.23. The average Bonchev–Trinajstić information content (AvgIpc) is 2.62. The molecule has 0 heterocycles. The molecule has 2 N–H and O–H groups in total. The summed E-state index contributed by atoms with van der Waals surface area (Å²) < 4.78 is 10.5. The maximum absolute atomic E-state index is 12.3. The normalized spacial score (nSPS) is 10.5. The van der Waals surface area contributed by atoms with Crippen LogP contribution in [0, 0.1) is 0 Å². The van der Waals surface area contributed by atoms with Gasteiger partial charge in [-0.2, -0.15) is 0 Å². The Kier molecular flexibility index (Phi) is 7.02. The van der Waals surface area contributed by atoms with Crippen molar-refractivity contribution in [3.05, 3.63) is 59.7 Å². The number of phenols is 2. The summed E-state index contributed by atoms with van der Waals surface area (Å²) in [4.78, 5) is 24.5. The smallest absolute Gasteiger partial charge is 0.344 e. The second-order valence-electron chi connectivity index (χ2n) is 5.77. The summed E-state index contributed by atoms with van der Waals surface area (Å²) in [7, 11) is 0. The van der Waals surface area contributed by atoms with E-state index in [1.807, 2.05) is 6.92 Å². The van der Waals surface area contributed by atoms with E-state index in [1.54, 1.807) is 24.3 Å². The summed E-state index contributed by atoms with van der Waals surface area (Å²) in [6, 6.07) is 11.9. The van der Waals surface area contributed by atoms with Gasteiger partial charge in [-0.15, -0.1) is 0 Å². The summed E-state index contributed by atoms with van der Waals surface area (Å²) in [6.45, 7) is 2.02.